The second-order valence-electron chi connectivity index (χ2n) is 5.87. The Kier molecular flexibility index (Phi) is 6.21. The molecule has 5 heteroatoms. The molecule has 3 aromatic rings. The number of rotatable bonds is 6. The fourth-order valence-corrected chi connectivity index (χ4v) is 2.34. The van der Waals surface area contributed by atoms with Gasteiger partial charge < -0.3 is 14.6 Å². The lowest BCUT2D eigenvalue weighted by molar-refractivity contribution is -0.128. The summed E-state index contributed by atoms with van der Waals surface area (Å²) >= 11 is 0. The average molecular weight is 373 g/mol. The highest BCUT2D eigenvalue weighted by atomic mass is 16.5. The Morgan fingerprint density at radius 3 is 2.11 bits per heavy atom. The Bertz CT molecular complexity index is 973. The van der Waals surface area contributed by atoms with Crippen molar-refractivity contribution in [2.24, 2.45) is 4.99 Å². The van der Waals surface area contributed by atoms with Gasteiger partial charge in [-0.25, -0.2) is 4.79 Å². The lowest BCUT2D eigenvalue weighted by Crippen LogP contribution is -2.03. The number of esters is 1. The van der Waals surface area contributed by atoms with Crippen molar-refractivity contribution in [3.05, 3.63) is 90.0 Å². The van der Waals surface area contributed by atoms with Crippen LogP contribution in [-0.2, 0) is 4.79 Å². The number of nitrogens with zero attached hydrogens (tertiary/aromatic N) is 1. The van der Waals surface area contributed by atoms with Gasteiger partial charge in [0, 0.05) is 12.3 Å². The summed E-state index contributed by atoms with van der Waals surface area (Å²) in [7, 11) is 1.60. The third-order valence-corrected chi connectivity index (χ3v) is 3.84. The van der Waals surface area contributed by atoms with E-state index in [9.17, 15) is 9.90 Å². The number of carbonyl (C=O) groups excluding carboxylic acids is 1. The molecule has 3 rings (SSSR count). The predicted molar refractivity (Wildman–Crippen MR) is 109 cm³/mol. The third kappa shape index (κ3) is 5.57. The van der Waals surface area contributed by atoms with Gasteiger partial charge in [0.15, 0.2) is 0 Å². The van der Waals surface area contributed by atoms with Gasteiger partial charge in [0.1, 0.15) is 17.2 Å². The maximum Gasteiger partial charge on any atom is 0.336 e. The Balaban J connectivity index is 1.56. The van der Waals surface area contributed by atoms with Gasteiger partial charge in [-0.3, -0.25) is 4.99 Å². The van der Waals surface area contributed by atoms with E-state index in [1.807, 2.05) is 24.3 Å². The molecular weight excluding hydrogens is 354 g/mol. The second-order valence-corrected chi connectivity index (χ2v) is 5.87. The minimum atomic E-state index is -0.457. The molecule has 0 atom stereocenters. The van der Waals surface area contributed by atoms with Crippen molar-refractivity contribution in [3.8, 4) is 17.2 Å². The first-order valence-corrected chi connectivity index (χ1v) is 8.59. The molecule has 28 heavy (non-hydrogen) atoms. The summed E-state index contributed by atoms with van der Waals surface area (Å²) in [6.07, 6.45) is 4.75. The molecular formula is C23H19NO4. The Labute approximate surface area is 163 Å². The molecule has 0 saturated heterocycles. The van der Waals surface area contributed by atoms with Crippen LogP contribution in [0.5, 0.6) is 17.2 Å². The zero-order chi connectivity index (χ0) is 19.8. The van der Waals surface area contributed by atoms with Crippen molar-refractivity contribution < 1.29 is 19.4 Å². The molecule has 0 heterocycles. The molecule has 3 aromatic carbocycles. The molecule has 1 N–H and O–H groups in total. The number of hydrogen-bond donors (Lipinski definition) is 1. The van der Waals surface area contributed by atoms with E-state index in [-0.39, 0.29) is 5.75 Å². The Hall–Kier alpha value is -3.86. The van der Waals surface area contributed by atoms with Gasteiger partial charge in [0.05, 0.1) is 12.8 Å². The average Bonchev–Trinajstić information content (AvgIpc) is 2.73. The summed E-state index contributed by atoms with van der Waals surface area (Å²) < 4.78 is 10.4. The van der Waals surface area contributed by atoms with Crippen LogP contribution < -0.4 is 9.47 Å². The minimum absolute atomic E-state index is 0.200. The highest BCUT2D eigenvalue weighted by Gasteiger charge is 2.01. The summed E-state index contributed by atoms with van der Waals surface area (Å²) in [4.78, 5) is 16.3. The van der Waals surface area contributed by atoms with Crippen LogP contribution in [0.3, 0.4) is 0 Å². The molecule has 0 amide bonds. The minimum Gasteiger partial charge on any atom is -0.508 e. The highest BCUT2D eigenvalue weighted by Crippen LogP contribution is 2.17. The van der Waals surface area contributed by atoms with E-state index in [4.69, 9.17) is 9.47 Å². The van der Waals surface area contributed by atoms with Gasteiger partial charge in [-0.2, -0.15) is 0 Å². The smallest absolute Gasteiger partial charge is 0.336 e. The number of carbonyl (C=O) groups is 1. The first-order chi connectivity index (χ1) is 13.6. The van der Waals surface area contributed by atoms with Crippen molar-refractivity contribution in [2.75, 3.05) is 7.11 Å². The lowest BCUT2D eigenvalue weighted by atomic mass is 10.2. The number of ether oxygens (including phenoxy) is 2. The standard InChI is InChI=1S/C23H19NO4/c1-27-21-11-2-17(3-12-21)6-15-23(26)28-22-13-4-18(5-14-22)16-24-19-7-9-20(25)10-8-19/h2-16,25H,1H3/b15-6+,24-16+. The van der Waals surface area contributed by atoms with E-state index in [0.717, 1.165) is 22.6 Å². The van der Waals surface area contributed by atoms with Gasteiger partial charge >= 0.3 is 5.97 Å². The van der Waals surface area contributed by atoms with Crippen LogP contribution in [-0.4, -0.2) is 24.4 Å². The molecule has 0 aliphatic rings. The molecule has 0 aliphatic carbocycles. The molecule has 0 unspecified atom stereocenters. The molecule has 0 aromatic heterocycles. The largest absolute Gasteiger partial charge is 0.508 e. The Morgan fingerprint density at radius 1 is 0.857 bits per heavy atom. The normalized spacial score (nSPS) is 11.0. The quantitative estimate of drug-likeness (QED) is 0.292. The number of hydrogen-bond acceptors (Lipinski definition) is 5. The molecule has 0 fully saturated rings. The molecule has 0 radical (unpaired) electrons. The molecule has 140 valence electrons. The van der Waals surface area contributed by atoms with Crippen LogP contribution in [0, 0.1) is 0 Å². The third-order valence-electron chi connectivity index (χ3n) is 3.84. The molecule has 0 saturated carbocycles. The number of methoxy groups -OCH3 is 1. The number of phenols is 1. The second kappa shape index (κ2) is 9.19. The summed E-state index contributed by atoms with van der Waals surface area (Å²) in [5, 5.41) is 9.27. The van der Waals surface area contributed by atoms with Crippen LogP contribution in [0.25, 0.3) is 6.08 Å². The number of aromatic hydroxyl groups is 1. The van der Waals surface area contributed by atoms with E-state index >= 15 is 0 Å². The van der Waals surface area contributed by atoms with Gasteiger partial charge in [-0.05, 0) is 77.9 Å². The predicted octanol–water partition coefficient (Wildman–Crippen LogP) is 4.77. The molecule has 5 nitrogen and oxygen atoms in total. The van der Waals surface area contributed by atoms with Crippen LogP contribution in [0.2, 0.25) is 0 Å². The SMILES string of the molecule is COc1ccc(/C=C/C(=O)Oc2ccc(/C=N/c3ccc(O)cc3)cc2)cc1. The molecule has 0 aliphatic heterocycles. The van der Waals surface area contributed by atoms with Crippen molar-refractivity contribution in [3.63, 3.8) is 0 Å². The zero-order valence-electron chi connectivity index (χ0n) is 15.3. The van der Waals surface area contributed by atoms with Crippen LogP contribution in [0.15, 0.2) is 83.9 Å². The summed E-state index contributed by atoms with van der Waals surface area (Å²) in [6, 6.07) is 21.0. The van der Waals surface area contributed by atoms with Crippen molar-refractivity contribution >= 4 is 23.9 Å². The number of aliphatic imine (C=N–C) groups is 1. The van der Waals surface area contributed by atoms with E-state index in [2.05, 4.69) is 4.99 Å². The highest BCUT2D eigenvalue weighted by molar-refractivity contribution is 5.89. The fraction of sp³-hybridized carbons (Fsp3) is 0.0435. The van der Waals surface area contributed by atoms with E-state index in [1.165, 1.54) is 6.08 Å². The summed E-state index contributed by atoms with van der Waals surface area (Å²) in [5.41, 5.74) is 2.47. The van der Waals surface area contributed by atoms with E-state index < -0.39 is 5.97 Å². The fourth-order valence-electron chi connectivity index (χ4n) is 2.34. The monoisotopic (exact) mass is 373 g/mol. The van der Waals surface area contributed by atoms with Crippen molar-refractivity contribution in [1.82, 2.24) is 0 Å². The maximum atomic E-state index is 12.0. The van der Waals surface area contributed by atoms with Gasteiger partial charge in [-0.15, -0.1) is 0 Å². The van der Waals surface area contributed by atoms with Gasteiger partial charge in [-0.1, -0.05) is 12.1 Å². The van der Waals surface area contributed by atoms with Crippen LogP contribution in [0.4, 0.5) is 5.69 Å². The zero-order valence-corrected chi connectivity index (χ0v) is 15.3. The first-order valence-electron chi connectivity index (χ1n) is 8.59. The van der Waals surface area contributed by atoms with Gasteiger partial charge in [0.25, 0.3) is 0 Å². The topological polar surface area (TPSA) is 68.1 Å². The van der Waals surface area contributed by atoms with Crippen LogP contribution >= 0.6 is 0 Å². The van der Waals surface area contributed by atoms with E-state index in [1.54, 1.807) is 67.9 Å². The first kappa shape index (κ1) is 18.9. The molecule has 0 spiro atoms. The van der Waals surface area contributed by atoms with E-state index in [0.29, 0.717) is 5.75 Å². The maximum absolute atomic E-state index is 12.0. The summed E-state index contributed by atoms with van der Waals surface area (Å²) in [5.74, 6) is 0.951. The van der Waals surface area contributed by atoms with Crippen molar-refractivity contribution in [1.29, 1.82) is 0 Å². The van der Waals surface area contributed by atoms with Crippen LogP contribution in [0.1, 0.15) is 11.1 Å². The lowest BCUT2D eigenvalue weighted by Gasteiger charge is -2.02. The number of phenolic OH excluding ortho intramolecular Hbond substituents is 1. The number of benzene rings is 3. The van der Waals surface area contributed by atoms with Gasteiger partial charge in [0.2, 0.25) is 0 Å². The molecule has 0 bridgehead atoms. The Morgan fingerprint density at radius 2 is 1.46 bits per heavy atom. The summed E-state index contributed by atoms with van der Waals surface area (Å²) in [6.45, 7) is 0. The van der Waals surface area contributed by atoms with Crippen molar-refractivity contribution in [2.45, 2.75) is 0 Å².